The molecule has 0 aliphatic heterocycles. The maximum Gasteiger partial charge on any atom is 0.320 e. The first-order valence-corrected chi connectivity index (χ1v) is 5.20. The Morgan fingerprint density at radius 3 is 2.36 bits per heavy atom. The second kappa shape index (κ2) is 4.75. The Hall–Kier alpha value is -0.610. The number of hydrogen-bond acceptors (Lipinski definition) is 4. The number of ether oxygens (including phenoxy) is 1. The lowest BCUT2D eigenvalue weighted by atomic mass is 9.96. The molecule has 0 aliphatic carbocycles. The van der Waals surface area contributed by atoms with Gasteiger partial charge in [-0.1, -0.05) is 19.0 Å². The van der Waals surface area contributed by atoms with E-state index in [1.165, 1.54) is 0 Å². The molecular weight excluding hydrogens is 204 g/mol. The van der Waals surface area contributed by atoms with Crippen molar-refractivity contribution in [1.82, 2.24) is 10.1 Å². The maximum atomic E-state index is 5.68. The van der Waals surface area contributed by atoms with Crippen LogP contribution in [0.3, 0.4) is 0 Å². The van der Waals surface area contributed by atoms with E-state index in [-0.39, 0.29) is 5.35 Å². The Bertz CT molecular complexity index is 284. The molecule has 0 amide bonds. The molecule has 1 aromatic rings. The molecule has 0 aromatic carbocycles. The van der Waals surface area contributed by atoms with E-state index in [9.17, 15) is 0 Å². The zero-order valence-corrected chi connectivity index (χ0v) is 9.47. The first-order chi connectivity index (χ1) is 6.68. The van der Waals surface area contributed by atoms with Crippen LogP contribution in [-0.2, 0) is 10.3 Å². The van der Waals surface area contributed by atoms with Gasteiger partial charge in [-0.2, -0.15) is 4.98 Å². The molecule has 0 atom stereocenters. The average Bonchev–Trinajstić information content (AvgIpc) is 2.62. The highest BCUT2D eigenvalue weighted by Crippen LogP contribution is 2.31. The van der Waals surface area contributed by atoms with E-state index in [1.54, 1.807) is 0 Å². The Kier molecular flexibility index (Phi) is 3.89. The van der Waals surface area contributed by atoms with Crippen LogP contribution in [0.5, 0.6) is 0 Å². The van der Waals surface area contributed by atoms with Crippen molar-refractivity contribution < 1.29 is 9.26 Å². The summed E-state index contributed by atoms with van der Waals surface area (Å²) >= 11 is 5.58. The Morgan fingerprint density at radius 1 is 1.36 bits per heavy atom. The van der Waals surface area contributed by atoms with Crippen LogP contribution in [0.4, 0.5) is 0 Å². The molecule has 0 saturated carbocycles. The summed E-state index contributed by atoms with van der Waals surface area (Å²) in [6.45, 7) is 6.63. The first kappa shape index (κ1) is 11.5. The molecule has 1 rings (SSSR count). The van der Waals surface area contributed by atoms with Gasteiger partial charge in [0.25, 0.3) is 0 Å². The van der Waals surface area contributed by atoms with Gasteiger partial charge in [0.1, 0.15) is 5.60 Å². The highest BCUT2D eigenvalue weighted by Gasteiger charge is 2.34. The average molecular weight is 219 g/mol. The molecule has 0 bridgehead atoms. The third kappa shape index (κ3) is 2.07. The molecule has 0 spiro atoms. The van der Waals surface area contributed by atoms with Crippen LogP contribution >= 0.6 is 11.6 Å². The lowest BCUT2D eigenvalue weighted by molar-refractivity contribution is -0.0583. The van der Waals surface area contributed by atoms with Crippen LogP contribution in [0.15, 0.2) is 4.52 Å². The van der Waals surface area contributed by atoms with Crippen molar-refractivity contribution in [3.8, 4) is 0 Å². The maximum absolute atomic E-state index is 5.68. The molecule has 5 heteroatoms. The van der Waals surface area contributed by atoms with E-state index in [2.05, 4.69) is 10.1 Å². The largest absolute Gasteiger partial charge is 0.367 e. The van der Waals surface area contributed by atoms with E-state index in [0.717, 1.165) is 12.8 Å². The normalized spacial score (nSPS) is 12.0. The second-order valence-electron chi connectivity index (χ2n) is 3.01. The summed E-state index contributed by atoms with van der Waals surface area (Å²) in [6, 6.07) is 0. The summed E-state index contributed by atoms with van der Waals surface area (Å²) < 4.78 is 10.4. The topological polar surface area (TPSA) is 48.2 Å². The second-order valence-corrected chi connectivity index (χ2v) is 3.33. The first-order valence-electron chi connectivity index (χ1n) is 4.82. The molecule has 0 saturated heterocycles. The zero-order chi connectivity index (χ0) is 10.6. The zero-order valence-electron chi connectivity index (χ0n) is 8.71. The van der Waals surface area contributed by atoms with Gasteiger partial charge in [0.15, 0.2) is 0 Å². The minimum absolute atomic E-state index is 0.0611. The fraction of sp³-hybridized carbons (Fsp3) is 0.778. The summed E-state index contributed by atoms with van der Waals surface area (Å²) in [4.78, 5) is 4.01. The van der Waals surface area contributed by atoms with Gasteiger partial charge >= 0.3 is 5.35 Å². The summed E-state index contributed by atoms with van der Waals surface area (Å²) in [5.74, 6) is 0.536. The predicted octanol–water partition coefficient (Wildman–Crippen LogP) is 2.77. The van der Waals surface area contributed by atoms with Crippen LogP contribution in [-0.4, -0.2) is 16.7 Å². The van der Waals surface area contributed by atoms with E-state index in [4.69, 9.17) is 20.9 Å². The van der Waals surface area contributed by atoms with Crippen molar-refractivity contribution in [2.45, 2.75) is 39.2 Å². The van der Waals surface area contributed by atoms with Crippen molar-refractivity contribution in [1.29, 1.82) is 0 Å². The molecule has 0 aliphatic rings. The quantitative estimate of drug-likeness (QED) is 0.763. The van der Waals surface area contributed by atoms with Gasteiger partial charge in [-0.05, 0) is 31.4 Å². The lowest BCUT2D eigenvalue weighted by Gasteiger charge is -2.27. The number of hydrogen-bond donors (Lipinski definition) is 0. The van der Waals surface area contributed by atoms with Crippen molar-refractivity contribution in [3.63, 3.8) is 0 Å². The van der Waals surface area contributed by atoms with Crippen molar-refractivity contribution >= 4 is 11.6 Å². The highest BCUT2D eigenvalue weighted by molar-refractivity contribution is 6.27. The van der Waals surface area contributed by atoms with Gasteiger partial charge in [0.05, 0.1) is 0 Å². The SMILES string of the molecule is CCOC(CC)(CC)c1noc(Cl)n1. The van der Waals surface area contributed by atoms with Gasteiger partial charge < -0.3 is 9.26 Å². The van der Waals surface area contributed by atoms with E-state index in [0.29, 0.717) is 12.4 Å². The van der Waals surface area contributed by atoms with Gasteiger partial charge in [-0.3, -0.25) is 0 Å². The Morgan fingerprint density at radius 2 is 2.00 bits per heavy atom. The standard InChI is InChI=1S/C9H15ClN2O2/c1-4-9(5-2,13-6-3)7-11-8(10)14-12-7/h4-6H2,1-3H3. The molecule has 14 heavy (non-hydrogen) atoms. The van der Waals surface area contributed by atoms with E-state index in [1.807, 2.05) is 20.8 Å². The summed E-state index contributed by atoms with van der Waals surface area (Å²) in [5, 5.41) is 3.87. The van der Waals surface area contributed by atoms with Crippen molar-refractivity contribution in [3.05, 3.63) is 11.2 Å². The molecular formula is C9H15ClN2O2. The fourth-order valence-corrected chi connectivity index (χ4v) is 1.62. The van der Waals surface area contributed by atoms with Gasteiger partial charge in [0, 0.05) is 6.61 Å². The molecule has 1 aromatic heterocycles. The van der Waals surface area contributed by atoms with Gasteiger partial charge in [-0.25, -0.2) is 0 Å². The molecule has 1 heterocycles. The van der Waals surface area contributed by atoms with E-state index >= 15 is 0 Å². The Balaban J connectivity index is 2.97. The highest BCUT2D eigenvalue weighted by atomic mass is 35.5. The fourth-order valence-electron chi connectivity index (χ4n) is 1.50. The van der Waals surface area contributed by atoms with Crippen LogP contribution in [0.1, 0.15) is 39.4 Å². The summed E-state index contributed by atoms with van der Waals surface area (Å²) in [7, 11) is 0. The predicted molar refractivity (Wildman–Crippen MR) is 53.2 cm³/mol. The van der Waals surface area contributed by atoms with E-state index < -0.39 is 5.60 Å². The van der Waals surface area contributed by atoms with Crippen LogP contribution in [0, 0.1) is 0 Å². The third-order valence-corrected chi connectivity index (χ3v) is 2.53. The minimum Gasteiger partial charge on any atom is -0.367 e. The third-order valence-electron chi connectivity index (χ3n) is 2.37. The Labute approximate surface area is 88.6 Å². The molecule has 0 fully saturated rings. The molecule has 80 valence electrons. The smallest absolute Gasteiger partial charge is 0.320 e. The monoisotopic (exact) mass is 218 g/mol. The summed E-state index contributed by atoms with van der Waals surface area (Å²) in [6.07, 6.45) is 1.60. The van der Waals surface area contributed by atoms with Crippen molar-refractivity contribution in [2.24, 2.45) is 0 Å². The molecule has 0 unspecified atom stereocenters. The minimum atomic E-state index is -0.453. The number of aromatic nitrogens is 2. The van der Waals surface area contributed by atoms with Crippen LogP contribution < -0.4 is 0 Å². The summed E-state index contributed by atoms with van der Waals surface area (Å²) in [5.41, 5.74) is -0.453. The lowest BCUT2D eigenvalue weighted by Crippen LogP contribution is -2.29. The molecule has 4 nitrogen and oxygen atoms in total. The number of nitrogens with zero attached hydrogens (tertiary/aromatic N) is 2. The molecule has 0 radical (unpaired) electrons. The van der Waals surface area contributed by atoms with Crippen LogP contribution in [0.25, 0.3) is 0 Å². The van der Waals surface area contributed by atoms with Crippen LogP contribution in [0.2, 0.25) is 5.35 Å². The van der Waals surface area contributed by atoms with Crippen molar-refractivity contribution in [2.75, 3.05) is 6.61 Å². The van der Waals surface area contributed by atoms with Gasteiger partial charge in [0.2, 0.25) is 5.82 Å². The molecule has 0 N–H and O–H groups in total. The number of rotatable bonds is 5. The number of halogens is 1. The van der Waals surface area contributed by atoms with Gasteiger partial charge in [-0.15, -0.1) is 0 Å².